The largest absolute Gasteiger partial charge is 0.489 e. The quantitative estimate of drug-likeness (QED) is 0.507. The van der Waals surface area contributed by atoms with E-state index in [1.54, 1.807) is 12.4 Å². The molecule has 3 aromatic rings. The van der Waals surface area contributed by atoms with Gasteiger partial charge in [-0.2, -0.15) is 0 Å². The van der Waals surface area contributed by atoms with E-state index in [4.69, 9.17) is 10.5 Å². The summed E-state index contributed by atoms with van der Waals surface area (Å²) in [4.78, 5) is 20.9. The summed E-state index contributed by atoms with van der Waals surface area (Å²) >= 11 is 0. The summed E-state index contributed by atoms with van der Waals surface area (Å²) in [7, 11) is 0. The summed E-state index contributed by atoms with van der Waals surface area (Å²) in [5, 5.41) is 6.87. The first-order chi connectivity index (χ1) is 16.1. The highest BCUT2D eigenvalue weighted by Crippen LogP contribution is 2.29. The summed E-state index contributed by atoms with van der Waals surface area (Å²) in [5.41, 5.74) is 9.01. The number of nitrogens with one attached hydrogen (secondary N) is 2. The number of anilines is 1. The van der Waals surface area contributed by atoms with E-state index in [2.05, 4.69) is 48.3 Å². The van der Waals surface area contributed by atoms with E-state index >= 15 is 0 Å². The minimum atomic E-state index is -0.0376. The van der Waals surface area contributed by atoms with Gasteiger partial charge in [0.15, 0.2) is 0 Å². The SMILES string of the molecule is CC1(C)CC(NC(=O)c2ccc(COc3cccc(-c4cnc(N)nc4)c3)cc2)CC(C)(C)N1. The van der Waals surface area contributed by atoms with Gasteiger partial charge in [0, 0.05) is 40.6 Å². The second-order valence-corrected chi connectivity index (χ2v) is 10.3. The molecule has 1 aliphatic rings. The first kappa shape index (κ1) is 23.7. The number of benzene rings is 2. The summed E-state index contributed by atoms with van der Waals surface area (Å²) in [5.74, 6) is 0.952. The molecular formula is C27H33N5O2. The summed E-state index contributed by atoms with van der Waals surface area (Å²) in [6.07, 6.45) is 5.18. The fraction of sp³-hybridized carbons (Fsp3) is 0.370. The van der Waals surface area contributed by atoms with Crippen molar-refractivity contribution in [2.45, 2.75) is 64.3 Å². The number of aromatic nitrogens is 2. The predicted octanol–water partition coefficient (Wildman–Crippen LogP) is 4.34. The molecule has 0 atom stereocenters. The zero-order valence-corrected chi connectivity index (χ0v) is 20.3. The van der Waals surface area contributed by atoms with Crippen LogP contribution in [0.5, 0.6) is 5.75 Å². The molecule has 0 saturated carbocycles. The van der Waals surface area contributed by atoms with Crippen molar-refractivity contribution < 1.29 is 9.53 Å². The molecule has 2 aromatic carbocycles. The van der Waals surface area contributed by atoms with Gasteiger partial charge >= 0.3 is 0 Å². The Hall–Kier alpha value is -3.45. The highest BCUT2D eigenvalue weighted by Gasteiger charge is 2.38. The molecule has 4 rings (SSSR count). The summed E-state index contributed by atoms with van der Waals surface area (Å²) in [6, 6.07) is 15.5. The highest BCUT2D eigenvalue weighted by molar-refractivity contribution is 5.94. The van der Waals surface area contributed by atoms with Crippen LogP contribution >= 0.6 is 0 Å². The van der Waals surface area contributed by atoms with Crippen LogP contribution in [-0.4, -0.2) is 33.0 Å². The molecular weight excluding hydrogens is 426 g/mol. The lowest BCUT2D eigenvalue weighted by Crippen LogP contribution is -2.62. The van der Waals surface area contributed by atoms with Gasteiger partial charge in [-0.1, -0.05) is 24.3 Å². The lowest BCUT2D eigenvalue weighted by molar-refractivity contribution is 0.0873. The van der Waals surface area contributed by atoms with Crippen LogP contribution in [0.1, 0.15) is 56.5 Å². The molecule has 34 heavy (non-hydrogen) atoms. The molecule has 1 fully saturated rings. The van der Waals surface area contributed by atoms with Crippen LogP contribution in [0, 0.1) is 0 Å². The number of carbonyl (C=O) groups is 1. The van der Waals surface area contributed by atoms with E-state index in [-0.39, 0.29) is 29.0 Å². The Bertz CT molecular complexity index is 1120. The number of ether oxygens (including phenoxy) is 1. The molecule has 0 aliphatic carbocycles. The Labute approximate surface area is 201 Å². The number of nitrogen functional groups attached to an aromatic ring is 1. The van der Waals surface area contributed by atoms with E-state index in [0.717, 1.165) is 35.3 Å². The summed E-state index contributed by atoms with van der Waals surface area (Å²) in [6.45, 7) is 9.13. The monoisotopic (exact) mass is 459 g/mol. The normalized spacial score (nSPS) is 17.2. The molecule has 7 nitrogen and oxygen atoms in total. The van der Waals surface area contributed by atoms with Crippen molar-refractivity contribution in [3.8, 4) is 16.9 Å². The van der Waals surface area contributed by atoms with Crippen LogP contribution in [-0.2, 0) is 6.61 Å². The number of carbonyl (C=O) groups excluding carboxylic acids is 1. The molecule has 0 unspecified atom stereocenters. The molecule has 1 amide bonds. The second-order valence-electron chi connectivity index (χ2n) is 10.3. The van der Waals surface area contributed by atoms with Crippen molar-refractivity contribution >= 4 is 11.9 Å². The zero-order valence-electron chi connectivity index (χ0n) is 20.3. The minimum absolute atomic E-state index is 0.0148. The third-order valence-electron chi connectivity index (χ3n) is 5.99. The molecule has 178 valence electrons. The number of piperidine rings is 1. The molecule has 1 saturated heterocycles. The molecule has 0 spiro atoms. The van der Waals surface area contributed by atoms with Crippen molar-refractivity contribution in [1.82, 2.24) is 20.6 Å². The van der Waals surface area contributed by atoms with Crippen LogP contribution in [0.4, 0.5) is 5.95 Å². The number of amides is 1. The Kier molecular flexibility index (Phi) is 6.57. The predicted molar refractivity (Wildman–Crippen MR) is 134 cm³/mol. The van der Waals surface area contributed by atoms with Crippen molar-refractivity contribution in [2.24, 2.45) is 0 Å². The van der Waals surface area contributed by atoms with Gasteiger partial charge in [0.2, 0.25) is 5.95 Å². The van der Waals surface area contributed by atoms with Crippen LogP contribution < -0.4 is 21.1 Å². The van der Waals surface area contributed by atoms with E-state index in [0.29, 0.717) is 12.2 Å². The third-order valence-corrected chi connectivity index (χ3v) is 5.99. The number of hydrogen-bond donors (Lipinski definition) is 3. The number of rotatable bonds is 6. The molecule has 1 aliphatic heterocycles. The first-order valence-corrected chi connectivity index (χ1v) is 11.6. The van der Waals surface area contributed by atoms with Crippen LogP contribution in [0.3, 0.4) is 0 Å². The average molecular weight is 460 g/mol. The van der Waals surface area contributed by atoms with Gasteiger partial charge in [-0.25, -0.2) is 9.97 Å². The molecule has 7 heteroatoms. The number of nitrogens with zero attached hydrogens (tertiary/aromatic N) is 2. The molecule has 0 bridgehead atoms. The fourth-order valence-electron chi connectivity index (χ4n) is 4.86. The lowest BCUT2D eigenvalue weighted by Gasteiger charge is -2.46. The van der Waals surface area contributed by atoms with Gasteiger partial charge in [0.1, 0.15) is 12.4 Å². The molecule has 4 N–H and O–H groups in total. The molecule has 0 radical (unpaired) electrons. The summed E-state index contributed by atoms with van der Waals surface area (Å²) < 4.78 is 5.97. The van der Waals surface area contributed by atoms with Crippen molar-refractivity contribution in [3.05, 3.63) is 72.1 Å². The number of nitrogens with two attached hydrogens (primary N) is 1. The second kappa shape index (κ2) is 9.43. The smallest absolute Gasteiger partial charge is 0.251 e. The maximum absolute atomic E-state index is 12.8. The van der Waals surface area contributed by atoms with E-state index in [1.807, 2.05) is 48.5 Å². The molecule has 2 heterocycles. The van der Waals surface area contributed by atoms with Gasteiger partial charge in [-0.3, -0.25) is 4.79 Å². The van der Waals surface area contributed by atoms with Gasteiger partial charge in [-0.15, -0.1) is 0 Å². The topological polar surface area (TPSA) is 102 Å². The van der Waals surface area contributed by atoms with Crippen LogP contribution in [0.2, 0.25) is 0 Å². The Morgan fingerprint density at radius 1 is 1.03 bits per heavy atom. The third kappa shape index (κ3) is 6.11. The van der Waals surface area contributed by atoms with Gasteiger partial charge in [0.25, 0.3) is 5.91 Å². The zero-order chi connectivity index (χ0) is 24.3. The lowest BCUT2D eigenvalue weighted by atomic mass is 9.79. The van der Waals surface area contributed by atoms with E-state index in [1.165, 1.54) is 0 Å². The number of hydrogen-bond acceptors (Lipinski definition) is 6. The van der Waals surface area contributed by atoms with E-state index < -0.39 is 0 Å². The van der Waals surface area contributed by atoms with Gasteiger partial charge in [-0.05, 0) is 75.9 Å². The maximum Gasteiger partial charge on any atom is 0.251 e. The maximum atomic E-state index is 12.8. The average Bonchev–Trinajstić information content (AvgIpc) is 2.76. The van der Waals surface area contributed by atoms with Crippen LogP contribution in [0.25, 0.3) is 11.1 Å². The van der Waals surface area contributed by atoms with E-state index in [9.17, 15) is 4.79 Å². The Morgan fingerprint density at radius 3 is 2.32 bits per heavy atom. The van der Waals surface area contributed by atoms with Crippen molar-refractivity contribution in [3.63, 3.8) is 0 Å². The minimum Gasteiger partial charge on any atom is -0.489 e. The fourth-order valence-corrected chi connectivity index (χ4v) is 4.86. The Balaban J connectivity index is 1.35. The van der Waals surface area contributed by atoms with Gasteiger partial charge < -0.3 is 21.1 Å². The van der Waals surface area contributed by atoms with Crippen molar-refractivity contribution in [2.75, 3.05) is 5.73 Å². The standard InChI is InChI=1S/C27H33N5O2/c1-26(2)13-22(14-27(3,4)32-26)31-24(33)19-10-8-18(9-11-19)17-34-23-7-5-6-20(12-23)21-15-29-25(28)30-16-21/h5-12,15-16,22,32H,13-14,17H2,1-4H3,(H,31,33)(H2,28,29,30). The Morgan fingerprint density at radius 2 is 1.68 bits per heavy atom. The molecule has 1 aromatic heterocycles. The highest BCUT2D eigenvalue weighted by atomic mass is 16.5. The van der Waals surface area contributed by atoms with Crippen LogP contribution in [0.15, 0.2) is 60.9 Å². The van der Waals surface area contributed by atoms with Gasteiger partial charge in [0.05, 0.1) is 0 Å². The first-order valence-electron chi connectivity index (χ1n) is 11.6. The van der Waals surface area contributed by atoms with Crippen molar-refractivity contribution in [1.29, 1.82) is 0 Å².